The summed E-state index contributed by atoms with van der Waals surface area (Å²) in [6.07, 6.45) is 0. The lowest BCUT2D eigenvalue weighted by Crippen LogP contribution is -2.47. The number of nitrogens with zero attached hydrogens (tertiary/aromatic N) is 2. The number of benzene rings is 2. The van der Waals surface area contributed by atoms with Crippen LogP contribution in [0.5, 0.6) is 0 Å². The van der Waals surface area contributed by atoms with E-state index in [1.807, 2.05) is 7.05 Å². The normalized spacial score (nSPS) is 16.3. The summed E-state index contributed by atoms with van der Waals surface area (Å²) >= 11 is 9.44. The van der Waals surface area contributed by atoms with Gasteiger partial charge in [0.25, 0.3) is 5.91 Å². The van der Waals surface area contributed by atoms with Gasteiger partial charge in [-0.15, -0.1) is 0 Å². The van der Waals surface area contributed by atoms with Crippen LogP contribution in [-0.2, 0) is 10.0 Å². The van der Waals surface area contributed by atoms with Crippen LogP contribution in [0.3, 0.4) is 0 Å². The van der Waals surface area contributed by atoms with Gasteiger partial charge in [-0.05, 0) is 43.4 Å². The highest BCUT2D eigenvalue weighted by atomic mass is 79.9. The molecule has 144 valence electrons. The third-order valence-corrected chi connectivity index (χ3v) is 7.08. The van der Waals surface area contributed by atoms with Crippen LogP contribution < -0.4 is 5.32 Å². The Kier molecular flexibility index (Phi) is 6.22. The number of carbonyl (C=O) groups is 1. The van der Waals surface area contributed by atoms with E-state index < -0.39 is 15.9 Å². The van der Waals surface area contributed by atoms with Gasteiger partial charge in [0, 0.05) is 36.2 Å². The van der Waals surface area contributed by atoms with Crippen molar-refractivity contribution in [1.29, 1.82) is 0 Å². The minimum absolute atomic E-state index is 0.113. The van der Waals surface area contributed by atoms with Gasteiger partial charge in [-0.2, -0.15) is 4.31 Å². The van der Waals surface area contributed by atoms with E-state index in [1.165, 1.54) is 16.4 Å². The monoisotopic (exact) mass is 471 g/mol. The predicted molar refractivity (Wildman–Crippen MR) is 110 cm³/mol. The standard InChI is InChI=1S/C18H19BrClN3O3S/c1-22-7-9-23(10-8-22)27(25,26)15-4-2-3-13(11-15)18(24)21-17-6-5-14(19)12-16(17)20/h2-6,11-12H,7-10H2,1H3,(H,21,24). The molecule has 1 fully saturated rings. The second-order valence-electron chi connectivity index (χ2n) is 6.31. The number of hydrogen-bond donors (Lipinski definition) is 1. The molecule has 0 aliphatic carbocycles. The van der Waals surface area contributed by atoms with Gasteiger partial charge in [-0.1, -0.05) is 33.6 Å². The van der Waals surface area contributed by atoms with Crippen molar-refractivity contribution in [2.24, 2.45) is 0 Å². The van der Waals surface area contributed by atoms with Gasteiger partial charge in [-0.25, -0.2) is 8.42 Å². The van der Waals surface area contributed by atoms with Gasteiger partial charge < -0.3 is 10.2 Å². The van der Waals surface area contributed by atoms with Gasteiger partial charge in [0.1, 0.15) is 0 Å². The Balaban J connectivity index is 1.81. The SMILES string of the molecule is CN1CCN(S(=O)(=O)c2cccc(C(=O)Nc3ccc(Br)cc3Cl)c2)CC1. The zero-order chi connectivity index (χ0) is 19.6. The minimum atomic E-state index is -3.63. The molecule has 1 aliphatic heterocycles. The van der Waals surface area contributed by atoms with Crippen molar-refractivity contribution in [3.05, 3.63) is 57.5 Å². The third-order valence-electron chi connectivity index (χ3n) is 4.38. The van der Waals surface area contributed by atoms with Crippen LogP contribution in [0.4, 0.5) is 5.69 Å². The average Bonchev–Trinajstić information content (AvgIpc) is 2.64. The van der Waals surface area contributed by atoms with E-state index in [1.54, 1.807) is 30.3 Å². The Morgan fingerprint density at radius 1 is 1.11 bits per heavy atom. The number of amides is 1. The summed E-state index contributed by atoms with van der Waals surface area (Å²) in [5.41, 5.74) is 0.710. The maximum Gasteiger partial charge on any atom is 0.255 e. The van der Waals surface area contributed by atoms with Crippen molar-refractivity contribution in [3.8, 4) is 0 Å². The van der Waals surface area contributed by atoms with Gasteiger partial charge in [0.15, 0.2) is 0 Å². The van der Waals surface area contributed by atoms with Crippen LogP contribution in [0.2, 0.25) is 5.02 Å². The molecule has 9 heteroatoms. The van der Waals surface area contributed by atoms with Crippen LogP contribution in [0, 0.1) is 0 Å². The number of sulfonamides is 1. The average molecular weight is 473 g/mol. The van der Waals surface area contributed by atoms with Gasteiger partial charge in [-0.3, -0.25) is 4.79 Å². The van der Waals surface area contributed by atoms with Crippen LogP contribution in [0.25, 0.3) is 0 Å². The molecular formula is C18H19BrClN3O3S. The lowest BCUT2D eigenvalue weighted by atomic mass is 10.2. The zero-order valence-corrected chi connectivity index (χ0v) is 17.8. The number of anilines is 1. The molecule has 1 saturated heterocycles. The molecule has 0 saturated carbocycles. The van der Waals surface area contributed by atoms with Crippen molar-refractivity contribution >= 4 is 49.1 Å². The van der Waals surface area contributed by atoms with Crippen molar-refractivity contribution in [3.63, 3.8) is 0 Å². The van der Waals surface area contributed by atoms with E-state index in [4.69, 9.17) is 11.6 Å². The van der Waals surface area contributed by atoms with E-state index in [2.05, 4.69) is 26.1 Å². The summed E-state index contributed by atoms with van der Waals surface area (Å²) in [7, 11) is -1.67. The Bertz CT molecular complexity index is 960. The first-order valence-corrected chi connectivity index (χ1v) is 10.9. The highest BCUT2D eigenvalue weighted by Gasteiger charge is 2.28. The topological polar surface area (TPSA) is 69.7 Å². The fourth-order valence-electron chi connectivity index (χ4n) is 2.76. The maximum atomic E-state index is 12.9. The quantitative estimate of drug-likeness (QED) is 0.741. The number of rotatable bonds is 4. The molecule has 0 spiro atoms. The largest absolute Gasteiger partial charge is 0.321 e. The summed E-state index contributed by atoms with van der Waals surface area (Å²) in [6, 6.07) is 11.2. The van der Waals surface area contributed by atoms with Crippen LogP contribution in [0.1, 0.15) is 10.4 Å². The molecule has 3 rings (SSSR count). The van der Waals surface area contributed by atoms with E-state index in [0.29, 0.717) is 36.9 Å². The zero-order valence-electron chi connectivity index (χ0n) is 14.7. The van der Waals surface area contributed by atoms with Crippen LogP contribution in [-0.4, -0.2) is 56.8 Å². The van der Waals surface area contributed by atoms with E-state index in [-0.39, 0.29) is 10.5 Å². The Morgan fingerprint density at radius 2 is 1.81 bits per heavy atom. The van der Waals surface area contributed by atoms with Crippen molar-refractivity contribution < 1.29 is 13.2 Å². The van der Waals surface area contributed by atoms with E-state index in [0.717, 1.165) is 4.47 Å². The first kappa shape index (κ1) is 20.3. The summed E-state index contributed by atoms with van der Waals surface area (Å²) in [5.74, 6) is -0.422. The Morgan fingerprint density at radius 3 is 2.48 bits per heavy atom. The number of hydrogen-bond acceptors (Lipinski definition) is 4. The lowest BCUT2D eigenvalue weighted by molar-refractivity contribution is 0.102. The summed E-state index contributed by atoms with van der Waals surface area (Å²) in [6.45, 7) is 2.23. The first-order valence-electron chi connectivity index (χ1n) is 8.32. The molecule has 27 heavy (non-hydrogen) atoms. The summed E-state index contributed by atoms with van der Waals surface area (Å²) < 4.78 is 28.0. The highest BCUT2D eigenvalue weighted by molar-refractivity contribution is 9.10. The fraction of sp³-hybridized carbons (Fsp3) is 0.278. The molecule has 6 nitrogen and oxygen atoms in total. The van der Waals surface area contributed by atoms with Crippen molar-refractivity contribution in [1.82, 2.24) is 9.21 Å². The Labute approximate surface area is 172 Å². The van der Waals surface area contributed by atoms with E-state index in [9.17, 15) is 13.2 Å². The molecule has 1 heterocycles. The molecule has 0 radical (unpaired) electrons. The number of piperazine rings is 1. The number of likely N-dealkylation sites (N-methyl/N-ethyl adjacent to an activating group) is 1. The summed E-state index contributed by atoms with van der Waals surface area (Å²) in [5, 5.41) is 3.10. The summed E-state index contributed by atoms with van der Waals surface area (Å²) in [4.78, 5) is 14.7. The highest BCUT2D eigenvalue weighted by Crippen LogP contribution is 2.26. The second-order valence-corrected chi connectivity index (χ2v) is 9.57. The molecule has 0 atom stereocenters. The third kappa shape index (κ3) is 4.70. The molecule has 1 amide bonds. The maximum absolute atomic E-state index is 12.9. The second kappa shape index (κ2) is 8.28. The van der Waals surface area contributed by atoms with Crippen molar-refractivity contribution in [2.45, 2.75) is 4.90 Å². The van der Waals surface area contributed by atoms with Gasteiger partial charge in [0.2, 0.25) is 10.0 Å². The van der Waals surface area contributed by atoms with Gasteiger partial charge >= 0.3 is 0 Å². The molecule has 1 N–H and O–H groups in total. The fourth-order valence-corrected chi connectivity index (χ4v) is 4.95. The minimum Gasteiger partial charge on any atom is -0.321 e. The number of halogens is 2. The lowest BCUT2D eigenvalue weighted by Gasteiger charge is -2.31. The molecule has 2 aromatic rings. The van der Waals surface area contributed by atoms with E-state index >= 15 is 0 Å². The smallest absolute Gasteiger partial charge is 0.255 e. The number of carbonyl (C=O) groups excluding carboxylic acids is 1. The molecule has 2 aromatic carbocycles. The number of nitrogens with one attached hydrogen (secondary N) is 1. The molecule has 0 bridgehead atoms. The van der Waals surface area contributed by atoms with Gasteiger partial charge in [0.05, 0.1) is 15.6 Å². The first-order chi connectivity index (χ1) is 12.8. The molecular weight excluding hydrogens is 454 g/mol. The van der Waals surface area contributed by atoms with Crippen molar-refractivity contribution in [2.75, 3.05) is 38.5 Å². The Hall–Kier alpha value is -1.45. The van der Waals surface area contributed by atoms with Crippen LogP contribution >= 0.6 is 27.5 Å². The predicted octanol–water partition coefficient (Wildman–Crippen LogP) is 3.29. The molecule has 0 aromatic heterocycles. The van der Waals surface area contributed by atoms with Crippen LogP contribution in [0.15, 0.2) is 51.8 Å². The molecule has 0 unspecified atom stereocenters. The molecule has 1 aliphatic rings.